The second-order valence-corrected chi connectivity index (χ2v) is 7.32. The molecule has 1 saturated heterocycles. The van der Waals surface area contributed by atoms with Crippen molar-refractivity contribution in [3.8, 4) is 0 Å². The second kappa shape index (κ2) is 7.99. The minimum atomic E-state index is -4.19. The zero-order valence-corrected chi connectivity index (χ0v) is 13.9. The second-order valence-electron chi connectivity index (χ2n) is 7.32. The maximum absolute atomic E-state index is 12.3. The number of nitrogens with zero attached hydrogens (tertiary/aromatic N) is 1. The van der Waals surface area contributed by atoms with Gasteiger partial charge in [0.15, 0.2) is 0 Å². The zero-order valence-electron chi connectivity index (χ0n) is 13.9. The molecule has 0 aromatic rings. The fraction of sp³-hybridized carbons (Fsp3) is 0.867. The lowest BCUT2D eigenvalue weighted by molar-refractivity contribution is -0.143. The van der Waals surface area contributed by atoms with Gasteiger partial charge in [0.2, 0.25) is 11.8 Å². The number of carbonyl (C=O) groups excluding carboxylic acids is 2. The predicted molar refractivity (Wildman–Crippen MR) is 80.7 cm³/mol. The molecule has 0 aliphatic carbocycles. The highest BCUT2D eigenvalue weighted by molar-refractivity contribution is 5.84. The van der Waals surface area contributed by atoms with E-state index in [1.165, 1.54) is 4.90 Å². The summed E-state index contributed by atoms with van der Waals surface area (Å²) in [5.41, 5.74) is -0.146. The third-order valence-electron chi connectivity index (χ3n) is 3.50. The molecule has 2 N–H and O–H groups in total. The van der Waals surface area contributed by atoms with E-state index in [1.54, 1.807) is 0 Å². The molecule has 23 heavy (non-hydrogen) atoms. The van der Waals surface area contributed by atoms with Crippen molar-refractivity contribution < 1.29 is 22.8 Å². The van der Waals surface area contributed by atoms with E-state index >= 15 is 0 Å². The summed E-state index contributed by atoms with van der Waals surface area (Å²) in [6, 6.07) is 0. The van der Waals surface area contributed by atoms with Crippen LogP contribution in [0.1, 0.15) is 33.6 Å². The van der Waals surface area contributed by atoms with Gasteiger partial charge < -0.3 is 10.6 Å². The van der Waals surface area contributed by atoms with E-state index in [9.17, 15) is 22.8 Å². The van der Waals surface area contributed by atoms with E-state index < -0.39 is 12.7 Å². The molecule has 0 aromatic carbocycles. The summed E-state index contributed by atoms with van der Waals surface area (Å²) in [7, 11) is 0. The van der Waals surface area contributed by atoms with Gasteiger partial charge >= 0.3 is 6.18 Å². The third-order valence-corrected chi connectivity index (χ3v) is 3.50. The van der Waals surface area contributed by atoms with Gasteiger partial charge in [-0.15, -0.1) is 0 Å². The number of carbonyl (C=O) groups is 2. The Morgan fingerprint density at radius 3 is 2.35 bits per heavy atom. The maximum atomic E-state index is 12.3. The van der Waals surface area contributed by atoms with E-state index in [0.717, 1.165) is 0 Å². The molecule has 0 radical (unpaired) electrons. The van der Waals surface area contributed by atoms with Crippen LogP contribution in [0, 0.1) is 11.3 Å². The molecule has 1 heterocycles. The molecule has 0 saturated carbocycles. The summed E-state index contributed by atoms with van der Waals surface area (Å²) in [5.74, 6) is -0.488. The number of rotatable bonds is 6. The molecule has 1 unspecified atom stereocenters. The molecule has 134 valence electrons. The molecule has 8 heteroatoms. The normalized spacial score (nSPS) is 19.7. The Kier molecular flexibility index (Phi) is 6.85. The Balaban J connectivity index is 2.18. The molecule has 0 bridgehead atoms. The largest absolute Gasteiger partial charge is 0.401 e. The highest BCUT2D eigenvalue weighted by Crippen LogP contribution is 2.22. The lowest BCUT2D eigenvalue weighted by Crippen LogP contribution is -2.40. The number of halogens is 3. The highest BCUT2D eigenvalue weighted by atomic mass is 19.4. The van der Waals surface area contributed by atoms with Crippen LogP contribution in [0.2, 0.25) is 0 Å². The maximum Gasteiger partial charge on any atom is 0.401 e. The van der Waals surface area contributed by atoms with Crippen LogP contribution in [0.25, 0.3) is 0 Å². The van der Waals surface area contributed by atoms with E-state index in [1.807, 2.05) is 20.8 Å². The number of hydrogen-bond donors (Lipinski definition) is 2. The van der Waals surface area contributed by atoms with Crippen molar-refractivity contribution in [3.63, 3.8) is 0 Å². The number of nitrogens with one attached hydrogen (secondary N) is 2. The first-order valence-electron chi connectivity index (χ1n) is 7.77. The molecular formula is C15H26F3N3O2. The molecule has 2 amide bonds. The summed E-state index contributed by atoms with van der Waals surface area (Å²) in [6.07, 6.45) is -3.22. The predicted octanol–water partition coefficient (Wildman–Crippen LogP) is 1.54. The van der Waals surface area contributed by atoms with Crippen LogP contribution in [0.5, 0.6) is 0 Å². The fourth-order valence-corrected chi connectivity index (χ4v) is 2.52. The SMILES string of the molecule is CC(C)(C)CC(=O)NCC(=O)NCC1CCN(CC(F)(F)F)C1. The van der Waals surface area contributed by atoms with Crippen molar-refractivity contribution in [2.24, 2.45) is 11.3 Å². The number of alkyl halides is 3. The molecule has 1 aliphatic rings. The monoisotopic (exact) mass is 337 g/mol. The first-order chi connectivity index (χ1) is 10.4. The van der Waals surface area contributed by atoms with Gasteiger partial charge in [-0.05, 0) is 24.3 Å². The molecule has 1 atom stereocenters. The molecule has 1 fully saturated rings. The standard InChI is InChI=1S/C15H26F3N3O2/c1-14(2,3)6-12(22)20-8-13(23)19-7-11-4-5-21(9-11)10-15(16,17)18/h11H,4-10H2,1-3H3,(H,19,23)(H,20,22). The average Bonchev–Trinajstić information content (AvgIpc) is 2.77. The number of amides is 2. The Labute approximate surface area is 135 Å². The van der Waals surface area contributed by atoms with Gasteiger partial charge in [-0.25, -0.2) is 0 Å². The molecule has 0 aromatic heterocycles. The molecule has 1 rings (SSSR count). The Morgan fingerprint density at radius 1 is 1.13 bits per heavy atom. The van der Waals surface area contributed by atoms with Crippen molar-refractivity contribution >= 4 is 11.8 Å². The van der Waals surface area contributed by atoms with Crippen molar-refractivity contribution in [1.29, 1.82) is 0 Å². The van der Waals surface area contributed by atoms with Crippen molar-refractivity contribution in [1.82, 2.24) is 15.5 Å². The van der Waals surface area contributed by atoms with Gasteiger partial charge in [0, 0.05) is 19.5 Å². The van der Waals surface area contributed by atoms with Gasteiger partial charge in [0.1, 0.15) is 0 Å². The quantitative estimate of drug-likeness (QED) is 0.773. The van der Waals surface area contributed by atoms with Crippen LogP contribution >= 0.6 is 0 Å². The van der Waals surface area contributed by atoms with Gasteiger partial charge in [-0.1, -0.05) is 20.8 Å². The van der Waals surface area contributed by atoms with Gasteiger partial charge in [-0.2, -0.15) is 13.2 Å². The summed E-state index contributed by atoms with van der Waals surface area (Å²) in [6.45, 7) is 5.84. The van der Waals surface area contributed by atoms with Crippen molar-refractivity contribution in [2.45, 2.75) is 39.8 Å². The molecule has 0 spiro atoms. The first kappa shape index (κ1) is 19.7. The van der Waals surface area contributed by atoms with Crippen LogP contribution in [0.3, 0.4) is 0 Å². The Morgan fingerprint density at radius 2 is 1.78 bits per heavy atom. The van der Waals surface area contributed by atoms with E-state index in [2.05, 4.69) is 10.6 Å². The third kappa shape index (κ3) is 9.43. The van der Waals surface area contributed by atoms with Crippen molar-refractivity contribution in [2.75, 3.05) is 32.7 Å². The molecule has 5 nitrogen and oxygen atoms in total. The van der Waals surface area contributed by atoms with E-state index in [0.29, 0.717) is 32.5 Å². The first-order valence-corrected chi connectivity index (χ1v) is 7.77. The minimum Gasteiger partial charge on any atom is -0.354 e. The summed E-state index contributed by atoms with van der Waals surface area (Å²) in [5, 5.41) is 5.21. The van der Waals surface area contributed by atoms with Crippen LogP contribution in [0.4, 0.5) is 13.2 Å². The van der Waals surface area contributed by atoms with E-state index in [-0.39, 0.29) is 29.7 Å². The van der Waals surface area contributed by atoms with Crippen LogP contribution in [-0.2, 0) is 9.59 Å². The fourth-order valence-electron chi connectivity index (χ4n) is 2.52. The lowest BCUT2D eigenvalue weighted by atomic mass is 9.92. The van der Waals surface area contributed by atoms with Crippen LogP contribution in [-0.4, -0.2) is 55.6 Å². The lowest BCUT2D eigenvalue weighted by Gasteiger charge is -2.18. The van der Waals surface area contributed by atoms with Crippen LogP contribution in [0.15, 0.2) is 0 Å². The number of hydrogen-bond acceptors (Lipinski definition) is 3. The number of likely N-dealkylation sites (tertiary alicyclic amines) is 1. The van der Waals surface area contributed by atoms with Crippen molar-refractivity contribution in [3.05, 3.63) is 0 Å². The Hall–Kier alpha value is -1.31. The van der Waals surface area contributed by atoms with Crippen LogP contribution < -0.4 is 10.6 Å². The Bertz CT molecular complexity index is 419. The zero-order chi connectivity index (χ0) is 17.7. The summed E-state index contributed by atoms with van der Waals surface area (Å²) in [4.78, 5) is 24.6. The van der Waals surface area contributed by atoms with Gasteiger partial charge in [0.05, 0.1) is 13.1 Å². The minimum absolute atomic E-state index is 0.0200. The average molecular weight is 337 g/mol. The molecular weight excluding hydrogens is 311 g/mol. The molecule has 1 aliphatic heterocycles. The topological polar surface area (TPSA) is 61.4 Å². The summed E-state index contributed by atoms with van der Waals surface area (Å²) < 4.78 is 36.9. The van der Waals surface area contributed by atoms with Gasteiger partial charge in [0.25, 0.3) is 0 Å². The van der Waals surface area contributed by atoms with Gasteiger partial charge in [-0.3, -0.25) is 14.5 Å². The smallest absolute Gasteiger partial charge is 0.354 e. The highest BCUT2D eigenvalue weighted by Gasteiger charge is 2.34. The van der Waals surface area contributed by atoms with E-state index in [4.69, 9.17) is 0 Å². The summed E-state index contributed by atoms with van der Waals surface area (Å²) >= 11 is 0.